The third kappa shape index (κ3) is 2.90. The highest BCUT2D eigenvalue weighted by Crippen LogP contribution is 2.25. The van der Waals surface area contributed by atoms with E-state index in [-0.39, 0.29) is 0 Å². The molecular weight excluding hydrogens is 266 g/mol. The van der Waals surface area contributed by atoms with E-state index in [1.54, 1.807) is 11.3 Å². The van der Waals surface area contributed by atoms with Gasteiger partial charge >= 0.3 is 0 Å². The summed E-state index contributed by atoms with van der Waals surface area (Å²) < 4.78 is 1.31. The van der Waals surface area contributed by atoms with Crippen LogP contribution in [0.25, 0.3) is 10.1 Å². The Bertz CT molecular complexity index is 678. The molecule has 0 spiro atoms. The van der Waals surface area contributed by atoms with Crippen LogP contribution in [0.1, 0.15) is 17.2 Å². The van der Waals surface area contributed by atoms with Crippen LogP contribution in [0.4, 0.5) is 0 Å². The largest absolute Gasteiger partial charge is 0.387 e. The maximum Gasteiger partial charge on any atom is 0.0914 e. The van der Waals surface area contributed by atoms with Gasteiger partial charge in [-0.05, 0) is 28.0 Å². The number of fused-ring (bicyclic) bond motifs is 1. The van der Waals surface area contributed by atoms with Crippen molar-refractivity contribution in [2.24, 2.45) is 0 Å². The number of rotatable bonds is 5. The van der Waals surface area contributed by atoms with Crippen LogP contribution in [0, 0.1) is 0 Å². The molecule has 0 fully saturated rings. The van der Waals surface area contributed by atoms with Crippen molar-refractivity contribution in [3.05, 3.63) is 71.1 Å². The Morgan fingerprint density at radius 2 is 1.75 bits per heavy atom. The molecule has 3 rings (SSSR count). The molecule has 0 bridgehead atoms. The smallest absolute Gasteiger partial charge is 0.0914 e. The lowest BCUT2D eigenvalue weighted by atomic mass is 10.1. The molecule has 1 atom stereocenters. The first-order valence-corrected chi connectivity index (χ1v) is 7.61. The Kier molecular flexibility index (Phi) is 4.11. The fourth-order valence-electron chi connectivity index (χ4n) is 2.31. The van der Waals surface area contributed by atoms with Gasteiger partial charge in [0, 0.05) is 17.8 Å². The number of aliphatic hydroxyl groups is 1. The van der Waals surface area contributed by atoms with Crippen molar-refractivity contribution >= 4 is 21.4 Å². The van der Waals surface area contributed by atoms with E-state index in [1.807, 2.05) is 30.3 Å². The summed E-state index contributed by atoms with van der Waals surface area (Å²) in [7, 11) is 0. The second-order valence-corrected chi connectivity index (χ2v) is 5.73. The Morgan fingerprint density at radius 3 is 2.60 bits per heavy atom. The minimum absolute atomic E-state index is 0.457. The molecule has 0 saturated heterocycles. The molecule has 2 N–H and O–H groups in total. The first-order chi connectivity index (χ1) is 9.84. The van der Waals surface area contributed by atoms with Gasteiger partial charge in [-0.3, -0.25) is 0 Å². The van der Waals surface area contributed by atoms with E-state index in [4.69, 9.17) is 0 Å². The molecule has 1 aromatic heterocycles. The molecule has 0 aliphatic rings. The van der Waals surface area contributed by atoms with Gasteiger partial charge in [-0.2, -0.15) is 0 Å². The van der Waals surface area contributed by atoms with Crippen LogP contribution in [0.15, 0.2) is 60.0 Å². The van der Waals surface area contributed by atoms with Gasteiger partial charge in [-0.25, -0.2) is 0 Å². The first kappa shape index (κ1) is 13.3. The molecule has 0 aliphatic carbocycles. The number of nitrogens with one attached hydrogen (secondary N) is 1. The Balaban J connectivity index is 1.60. The fourth-order valence-corrected chi connectivity index (χ4v) is 3.27. The zero-order valence-corrected chi connectivity index (χ0v) is 11.9. The molecule has 3 heteroatoms. The molecule has 0 unspecified atom stereocenters. The van der Waals surface area contributed by atoms with Crippen molar-refractivity contribution < 1.29 is 5.11 Å². The standard InChI is InChI=1S/C17H17NOS/c19-16(13-6-2-1-3-7-13)11-18-10-14-12-20-17-9-5-4-8-15(14)17/h1-9,12,16,18-19H,10-11H2/t16-/m0/s1. The summed E-state index contributed by atoms with van der Waals surface area (Å²) in [5.74, 6) is 0. The minimum atomic E-state index is -0.457. The van der Waals surface area contributed by atoms with Crippen molar-refractivity contribution in [1.82, 2.24) is 5.32 Å². The molecule has 0 radical (unpaired) electrons. The van der Waals surface area contributed by atoms with Gasteiger partial charge < -0.3 is 10.4 Å². The maximum atomic E-state index is 10.1. The second-order valence-electron chi connectivity index (χ2n) is 4.81. The van der Waals surface area contributed by atoms with Crippen LogP contribution >= 0.6 is 11.3 Å². The van der Waals surface area contributed by atoms with E-state index in [0.29, 0.717) is 6.54 Å². The van der Waals surface area contributed by atoms with Crippen LogP contribution in [0.2, 0.25) is 0 Å². The van der Waals surface area contributed by atoms with Crippen molar-refractivity contribution in [1.29, 1.82) is 0 Å². The molecule has 20 heavy (non-hydrogen) atoms. The van der Waals surface area contributed by atoms with Crippen molar-refractivity contribution in [3.8, 4) is 0 Å². The Labute approximate surface area is 122 Å². The van der Waals surface area contributed by atoms with Gasteiger partial charge in [0.2, 0.25) is 0 Å². The molecule has 0 amide bonds. The van der Waals surface area contributed by atoms with Gasteiger partial charge in [-0.1, -0.05) is 48.5 Å². The number of thiophene rings is 1. The molecule has 2 nitrogen and oxygen atoms in total. The van der Waals surface area contributed by atoms with Crippen molar-refractivity contribution in [2.75, 3.05) is 6.54 Å². The first-order valence-electron chi connectivity index (χ1n) is 6.73. The molecule has 3 aromatic rings. The minimum Gasteiger partial charge on any atom is -0.387 e. The number of hydrogen-bond acceptors (Lipinski definition) is 3. The van der Waals surface area contributed by atoms with Gasteiger partial charge in [0.1, 0.15) is 0 Å². The third-order valence-corrected chi connectivity index (χ3v) is 4.41. The van der Waals surface area contributed by atoms with Crippen LogP contribution < -0.4 is 5.32 Å². The summed E-state index contributed by atoms with van der Waals surface area (Å²) in [5, 5.41) is 16.9. The monoisotopic (exact) mass is 283 g/mol. The fraction of sp³-hybridized carbons (Fsp3) is 0.176. The molecule has 1 heterocycles. The summed E-state index contributed by atoms with van der Waals surface area (Å²) in [6, 6.07) is 18.2. The third-order valence-electron chi connectivity index (χ3n) is 3.40. The SMILES string of the molecule is O[C@@H](CNCc1csc2ccccc12)c1ccccc1. The number of benzene rings is 2. The van der Waals surface area contributed by atoms with Gasteiger partial charge in [0.15, 0.2) is 0 Å². The normalized spacial score (nSPS) is 12.7. The van der Waals surface area contributed by atoms with E-state index in [2.05, 4.69) is 35.0 Å². The maximum absolute atomic E-state index is 10.1. The average Bonchev–Trinajstić information content (AvgIpc) is 2.92. The molecule has 0 aliphatic heterocycles. The van der Waals surface area contributed by atoms with Crippen LogP contribution in [0.5, 0.6) is 0 Å². The summed E-state index contributed by atoms with van der Waals surface area (Å²) in [5.41, 5.74) is 2.25. The van der Waals surface area contributed by atoms with Crippen molar-refractivity contribution in [3.63, 3.8) is 0 Å². The Morgan fingerprint density at radius 1 is 1.00 bits per heavy atom. The van der Waals surface area contributed by atoms with E-state index < -0.39 is 6.10 Å². The van der Waals surface area contributed by atoms with E-state index >= 15 is 0 Å². The molecule has 102 valence electrons. The van der Waals surface area contributed by atoms with Crippen LogP contribution in [0.3, 0.4) is 0 Å². The average molecular weight is 283 g/mol. The lowest BCUT2D eigenvalue weighted by Crippen LogP contribution is -2.20. The van der Waals surface area contributed by atoms with Crippen LogP contribution in [-0.4, -0.2) is 11.7 Å². The van der Waals surface area contributed by atoms with Crippen LogP contribution in [-0.2, 0) is 6.54 Å². The van der Waals surface area contributed by atoms with Gasteiger partial charge in [0.25, 0.3) is 0 Å². The van der Waals surface area contributed by atoms with Gasteiger partial charge in [-0.15, -0.1) is 11.3 Å². The zero-order chi connectivity index (χ0) is 13.8. The topological polar surface area (TPSA) is 32.3 Å². The summed E-state index contributed by atoms with van der Waals surface area (Å²) in [6.45, 7) is 1.35. The molecular formula is C17H17NOS. The zero-order valence-electron chi connectivity index (χ0n) is 11.1. The van der Waals surface area contributed by atoms with Gasteiger partial charge in [0.05, 0.1) is 6.10 Å². The second kappa shape index (κ2) is 6.18. The van der Waals surface area contributed by atoms with E-state index in [1.165, 1.54) is 15.6 Å². The predicted octanol–water partition coefficient (Wildman–Crippen LogP) is 3.72. The predicted molar refractivity (Wildman–Crippen MR) is 84.9 cm³/mol. The lowest BCUT2D eigenvalue weighted by Gasteiger charge is -2.11. The summed E-state index contributed by atoms with van der Waals surface area (Å²) in [6.07, 6.45) is -0.457. The van der Waals surface area contributed by atoms with Crippen molar-refractivity contribution in [2.45, 2.75) is 12.6 Å². The quantitative estimate of drug-likeness (QED) is 0.748. The summed E-state index contributed by atoms with van der Waals surface area (Å²) in [4.78, 5) is 0. The highest BCUT2D eigenvalue weighted by atomic mass is 32.1. The Hall–Kier alpha value is -1.68. The highest BCUT2D eigenvalue weighted by molar-refractivity contribution is 7.17. The lowest BCUT2D eigenvalue weighted by molar-refractivity contribution is 0.174. The number of hydrogen-bond donors (Lipinski definition) is 2. The molecule has 2 aromatic carbocycles. The summed E-state index contributed by atoms with van der Waals surface area (Å²) >= 11 is 1.77. The van der Waals surface area contributed by atoms with E-state index in [0.717, 1.165) is 12.1 Å². The molecule has 0 saturated carbocycles. The van der Waals surface area contributed by atoms with E-state index in [9.17, 15) is 5.11 Å². The number of aliphatic hydroxyl groups excluding tert-OH is 1. The highest BCUT2D eigenvalue weighted by Gasteiger charge is 2.07.